The molecule has 0 spiro atoms. The number of aromatic carboxylic acids is 1. The standard InChI is InChI=1S/C12H15ClO5S/c1-8(2)18-5-6-19(16,17)11-7-9(12(14)15)3-4-10(11)13/h3-4,7-8H,5-6H2,1-2H3,(H,14,15). The summed E-state index contributed by atoms with van der Waals surface area (Å²) in [5.74, 6) is -1.44. The molecule has 0 saturated heterocycles. The first-order valence-corrected chi connectivity index (χ1v) is 7.64. The minimum atomic E-state index is -3.66. The molecule has 0 aliphatic heterocycles. The van der Waals surface area contributed by atoms with Crippen molar-refractivity contribution in [3.8, 4) is 0 Å². The van der Waals surface area contributed by atoms with Crippen LogP contribution in [0.1, 0.15) is 24.2 Å². The smallest absolute Gasteiger partial charge is 0.335 e. The van der Waals surface area contributed by atoms with Crippen LogP contribution in [-0.4, -0.2) is 38.0 Å². The van der Waals surface area contributed by atoms with E-state index in [1.165, 1.54) is 12.1 Å². The molecular weight excluding hydrogens is 292 g/mol. The number of rotatable bonds is 6. The molecule has 19 heavy (non-hydrogen) atoms. The van der Waals surface area contributed by atoms with Crippen molar-refractivity contribution in [1.82, 2.24) is 0 Å². The van der Waals surface area contributed by atoms with Gasteiger partial charge in [0.15, 0.2) is 9.84 Å². The highest BCUT2D eigenvalue weighted by Gasteiger charge is 2.20. The number of carbonyl (C=O) groups is 1. The molecule has 0 bridgehead atoms. The molecule has 1 aromatic carbocycles. The Labute approximate surface area is 117 Å². The van der Waals surface area contributed by atoms with Gasteiger partial charge in [0.05, 0.1) is 33.9 Å². The van der Waals surface area contributed by atoms with Gasteiger partial charge >= 0.3 is 5.97 Å². The number of carboxylic acids is 1. The number of hydrogen-bond donors (Lipinski definition) is 1. The van der Waals surface area contributed by atoms with Gasteiger partial charge in [0.2, 0.25) is 0 Å². The van der Waals surface area contributed by atoms with Gasteiger partial charge in [0, 0.05) is 0 Å². The van der Waals surface area contributed by atoms with Crippen molar-refractivity contribution >= 4 is 27.4 Å². The number of carboxylic acid groups (broad SMARTS) is 1. The second-order valence-corrected chi connectivity index (χ2v) is 6.67. The van der Waals surface area contributed by atoms with Gasteiger partial charge in [-0.3, -0.25) is 0 Å². The van der Waals surface area contributed by atoms with Gasteiger partial charge in [-0.1, -0.05) is 11.6 Å². The molecular formula is C12H15ClO5S. The van der Waals surface area contributed by atoms with Crippen LogP contribution in [-0.2, 0) is 14.6 Å². The fourth-order valence-electron chi connectivity index (χ4n) is 1.38. The van der Waals surface area contributed by atoms with Crippen molar-refractivity contribution in [2.24, 2.45) is 0 Å². The zero-order chi connectivity index (χ0) is 14.6. The van der Waals surface area contributed by atoms with Crippen LogP contribution in [0, 0.1) is 0 Å². The van der Waals surface area contributed by atoms with Gasteiger partial charge in [-0.2, -0.15) is 0 Å². The van der Waals surface area contributed by atoms with Crippen LogP contribution in [0.25, 0.3) is 0 Å². The Morgan fingerprint density at radius 2 is 2.05 bits per heavy atom. The van der Waals surface area contributed by atoms with Gasteiger partial charge in [-0.15, -0.1) is 0 Å². The van der Waals surface area contributed by atoms with Crippen LogP contribution in [0.5, 0.6) is 0 Å². The molecule has 0 atom stereocenters. The summed E-state index contributed by atoms with van der Waals surface area (Å²) in [7, 11) is -3.66. The van der Waals surface area contributed by atoms with E-state index in [2.05, 4.69) is 0 Å². The first kappa shape index (κ1) is 15.9. The quantitative estimate of drug-likeness (QED) is 0.871. The maximum absolute atomic E-state index is 12.1. The molecule has 106 valence electrons. The monoisotopic (exact) mass is 306 g/mol. The molecule has 1 N–H and O–H groups in total. The van der Waals surface area contributed by atoms with Gasteiger partial charge in [0.25, 0.3) is 0 Å². The summed E-state index contributed by atoms with van der Waals surface area (Å²) < 4.78 is 29.3. The summed E-state index contributed by atoms with van der Waals surface area (Å²) in [6, 6.07) is 3.59. The van der Waals surface area contributed by atoms with Crippen molar-refractivity contribution in [3.05, 3.63) is 28.8 Å². The lowest BCUT2D eigenvalue weighted by atomic mass is 10.2. The Bertz CT molecular complexity index is 565. The van der Waals surface area contributed by atoms with Gasteiger partial charge in [-0.25, -0.2) is 13.2 Å². The Hall–Kier alpha value is -1.11. The molecule has 0 aliphatic rings. The van der Waals surface area contributed by atoms with E-state index >= 15 is 0 Å². The van der Waals surface area contributed by atoms with E-state index in [0.717, 1.165) is 6.07 Å². The number of ether oxygens (including phenoxy) is 1. The van der Waals surface area contributed by atoms with Crippen molar-refractivity contribution < 1.29 is 23.1 Å². The van der Waals surface area contributed by atoms with Crippen molar-refractivity contribution in [3.63, 3.8) is 0 Å². The lowest BCUT2D eigenvalue weighted by Crippen LogP contribution is -2.16. The molecule has 0 aliphatic carbocycles. The molecule has 0 heterocycles. The fraction of sp³-hybridized carbons (Fsp3) is 0.417. The van der Waals surface area contributed by atoms with Crippen LogP contribution in [0.4, 0.5) is 0 Å². The first-order chi connectivity index (χ1) is 8.74. The molecule has 1 rings (SSSR count). The second-order valence-electron chi connectivity index (χ2n) is 4.19. The maximum atomic E-state index is 12.1. The predicted molar refractivity (Wildman–Crippen MR) is 71.6 cm³/mol. The van der Waals surface area contributed by atoms with E-state index in [1.54, 1.807) is 13.8 Å². The number of hydrogen-bond acceptors (Lipinski definition) is 4. The zero-order valence-corrected chi connectivity index (χ0v) is 12.2. The maximum Gasteiger partial charge on any atom is 0.335 e. The van der Waals surface area contributed by atoms with E-state index in [-0.39, 0.29) is 33.9 Å². The molecule has 5 nitrogen and oxygen atoms in total. The molecule has 0 fully saturated rings. The summed E-state index contributed by atoms with van der Waals surface area (Å²) in [5, 5.41) is 8.86. The summed E-state index contributed by atoms with van der Waals surface area (Å²) in [5.41, 5.74) is -0.118. The van der Waals surface area contributed by atoms with Crippen LogP contribution in [0.3, 0.4) is 0 Å². The van der Waals surface area contributed by atoms with Crippen molar-refractivity contribution in [1.29, 1.82) is 0 Å². The Kier molecular flexibility index (Phi) is 5.34. The van der Waals surface area contributed by atoms with Gasteiger partial charge in [0.1, 0.15) is 0 Å². The van der Waals surface area contributed by atoms with Gasteiger partial charge < -0.3 is 9.84 Å². The van der Waals surface area contributed by atoms with Gasteiger partial charge in [-0.05, 0) is 32.0 Å². The topological polar surface area (TPSA) is 80.7 Å². The molecule has 7 heteroatoms. The SMILES string of the molecule is CC(C)OCCS(=O)(=O)c1cc(C(=O)O)ccc1Cl. The Morgan fingerprint density at radius 3 is 2.58 bits per heavy atom. The third kappa shape index (κ3) is 4.49. The summed E-state index contributed by atoms with van der Waals surface area (Å²) in [6.07, 6.45) is -0.0731. The Balaban J connectivity index is 3.00. The zero-order valence-electron chi connectivity index (χ0n) is 10.6. The molecule has 0 unspecified atom stereocenters. The molecule has 0 amide bonds. The minimum absolute atomic E-state index is 0.00884. The number of halogens is 1. The lowest BCUT2D eigenvalue weighted by molar-refractivity contribution is 0.0696. The molecule has 0 aromatic heterocycles. The number of sulfone groups is 1. The van der Waals surface area contributed by atoms with Crippen molar-refractivity contribution in [2.45, 2.75) is 24.8 Å². The van der Waals surface area contributed by atoms with Crippen LogP contribution in [0.2, 0.25) is 5.02 Å². The average Bonchev–Trinajstić information content (AvgIpc) is 2.28. The minimum Gasteiger partial charge on any atom is -0.478 e. The second kappa shape index (κ2) is 6.36. The van der Waals surface area contributed by atoms with E-state index in [9.17, 15) is 13.2 Å². The van der Waals surface area contributed by atoms with Crippen molar-refractivity contribution in [2.75, 3.05) is 12.4 Å². The van der Waals surface area contributed by atoms with E-state index in [0.29, 0.717) is 0 Å². The highest BCUT2D eigenvalue weighted by atomic mass is 35.5. The normalized spacial score (nSPS) is 11.8. The molecule has 1 aromatic rings. The van der Waals surface area contributed by atoms with Crippen LogP contribution < -0.4 is 0 Å². The van der Waals surface area contributed by atoms with E-state index in [1.807, 2.05) is 0 Å². The Morgan fingerprint density at radius 1 is 1.42 bits per heavy atom. The van der Waals surface area contributed by atoms with E-state index in [4.69, 9.17) is 21.4 Å². The molecule has 0 radical (unpaired) electrons. The highest BCUT2D eigenvalue weighted by molar-refractivity contribution is 7.91. The highest BCUT2D eigenvalue weighted by Crippen LogP contribution is 2.24. The average molecular weight is 307 g/mol. The fourth-order valence-corrected chi connectivity index (χ4v) is 3.06. The number of benzene rings is 1. The third-order valence-electron chi connectivity index (χ3n) is 2.32. The molecule has 0 saturated carbocycles. The van der Waals surface area contributed by atoms with Crippen LogP contribution >= 0.6 is 11.6 Å². The predicted octanol–water partition coefficient (Wildman–Crippen LogP) is 2.24. The summed E-state index contributed by atoms with van der Waals surface area (Å²) in [4.78, 5) is 10.7. The lowest BCUT2D eigenvalue weighted by Gasteiger charge is -2.10. The third-order valence-corrected chi connectivity index (χ3v) is 4.47. The largest absolute Gasteiger partial charge is 0.478 e. The summed E-state index contributed by atoms with van der Waals surface area (Å²) >= 11 is 5.81. The van der Waals surface area contributed by atoms with Crippen LogP contribution in [0.15, 0.2) is 23.1 Å². The first-order valence-electron chi connectivity index (χ1n) is 5.61. The van der Waals surface area contributed by atoms with E-state index < -0.39 is 15.8 Å². The summed E-state index contributed by atoms with van der Waals surface area (Å²) in [6.45, 7) is 3.63.